The molecule has 0 unspecified atom stereocenters. The number of rotatable bonds is 4. The molecule has 0 spiro atoms. The maximum Gasteiger partial charge on any atom is 0.210 e. The minimum atomic E-state index is -0.0339. The fourth-order valence-corrected chi connectivity index (χ4v) is 3.83. The molecule has 2 aromatic rings. The molecule has 1 aromatic carbocycles. The van der Waals surface area contributed by atoms with E-state index in [4.69, 9.17) is 4.74 Å². The van der Waals surface area contributed by atoms with Crippen LogP contribution in [0.25, 0.3) is 0 Å². The van der Waals surface area contributed by atoms with Gasteiger partial charge in [-0.05, 0) is 72.1 Å². The van der Waals surface area contributed by atoms with Crippen LogP contribution in [0.4, 0.5) is 0 Å². The van der Waals surface area contributed by atoms with Crippen LogP contribution in [0.3, 0.4) is 0 Å². The van der Waals surface area contributed by atoms with Crippen molar-refractivity contribution >= 4 is 64.9 Å². The van der Waals surface area contributed by atoms with Crippen LogP contribution in [0, 0.1) is 0 Å². The van der Waals surface area contributed by atoms with Crippen molar-refractivity contribution in [3.8, 4) is 5.75 Å². The van der Waals surface area contributed by atoms with Gasteiger partial charge in [-0.1, -0.05) is 6.07 Å². The molecule has 94 valence electrons. The third-order valence-electron chi connectivity index (χ3n) is 2.11. The van der Waals surface area contributed by atoms with Crippen molar-refractivity contribution in [2.75, 3.05) is 6.61 Å². The summed E-state index contributed by atoms with van der Waals surface area (Å²) in [5.41, 5.74) is 0. The van der Waals surface area contributed by atoms with E-state index in [1.54, 1.807) is 6.07 Å². The average Bonchev–Trinajstić information content (AvgIpc) is 2.75. The van der Waals surface area contributed by atoms with Gasteiger partial charge in [-0.25, -0.2) is 0 Å². The third kappa shape index (κ3) is 3.44. The number of carbonyl (C=O) groups is 1. The highest BCUT2D eigenvalue weighted by atomic mass is 79.9. The van der Waals surface area contributed by atoms with Gasteiger partial charge in [0.15, 0.2) is 6.61 Å². The minimum absolute atomic E-state index is 0.0220. The molecule has 0 amide bonds. The lowest BCUT2D eigenvalue weighted by Gasteiger charge is -2.08. The number of Topliss-reactive ketones (excluding diaryl/α,β-unsaturated/α-hetero) is 1. The fourth-order valence-electron chi connectivity index (χ4n) is 1.29. The second-order valence-electron chi connectivity index (χ2n) is 3.37. The summed E-state index contributed by atoms with van der Waals surface area (Å²) in [5, 5.41) is 0. The number of ketones is 1. The monoisotopic (exact) mass is 452 g/mol. The van der Waals surface area contributed by atoms with Gasteiger partial charge in [0.05, 0.1) is 17.6 Å². The van der Waals surface area contributed by atoms with E-state index in [0.29, 0.717) is 10.6 Å². The van der Waals surface area contributed by atoms with Crippen LogP contribution in [0.15, 0.2) is 43.1 Å². The van der Waals surface area contributed by atoms with E-state index in [2.05, 4.69) is 47.8 Å². The topological polar surface area (TPSA) is 26.3 Å². The Kier molecular flexibility index (Phi) is 5.00. The van der Waals surface area contributed by atoms with Crippen LogP contribution >= 0.6 is 59.1 Å². The molecule has 0 saturated heterocycles. The Labute approximate surface area is 134 Å². The van der Waals surface area contributed by atoms with E-state index >= 15 is 0 Å². The molecule has 0 bridgehead atoms. The second kappa shape index (κ2) is 6.32. The van der Waals surface area contributed by atoms with Gasteiger partial charge in [-0.15, -0.1) is 11.3 Å². The van der Waals surface area contributed by atoms with E-state index in [-0.39, 0.29) is 12.4 Å². The first-order valence-electron chi connectivity index (χ1n) is 4.93. The first kappa shape index (κ1) is 14.2. The molecule has 0 atom stereocenters. The Bertz CT molecular complexity index is 560. The van der Waals surface area contributed by atoms with Gasteiger partial charge in [-0.3, -0.25) is 4.79 Å². The number of carbonyl (C=O) groups excluding carboxylic acids is 1. The van der Waals surface area contributed by atoms with Crippen molar-refractivity contribution in [1.29, 1.82) is 0 Å². The lowest BCUT2D eigenvalue weighted by atomic mass is 10.3. The third-order valence-corrected chi connectivity index (χ3v) is 5.03. The van der Waals surface area contributed by atoms with Gasteiger partial charge < -0.3 is 4.74 Å². The van der Waals surface area contributed by atoms with Gasteiger partial charge in [-0.2, -0.15) is 0 Å². The summed E-state index contributed by atoms with van der Waals surface area (Å²) in [4.78, 5) is 12.6. The summed E-state index contributed by atoms with van der Waals surface area (Å²) in [7, 11) is 0. The molecule has 0 radical (unpaired) electrons. The van der Waals surface area contributed by atoms with Crippen molar-refractivity contribution in [1.82, 2.24) is 0 Å². The number of hydrogen-bond donors (Lipinski definition) is 0. The summed E-state index contributed by atoms with van der Waals surface area (Å²) in [6, 6.07) is 9.26. The number of thiophene rings is 1. The molecule has 0 fully saturated rings. The number of hydrogen-bond acceptors (Lipinski definition) is 3. The van der Waals surface area contributed by atoms with Crippen molar-refractivity contribution in [3.05, 3.63) is 47.9 Å². The molecule has 0 aliphatic rings. The molecular weight excluding hydrogens is 448 g/mol. The van der Waals surface area contributed by atoms with Crippen molar-refractivity contribution in [2.45, 2.75) is 0 Å². The quantitative estimate of drug-likeness (QED) is 0.586. The molecule has 0 aliphatic heterocycles. The number of benzene rings is 1. The van der Waals surface area contributed by atoms with Crippen LogP contribution < -0.4 is 4.74 Å². The Hall–Kier alpha value is -0.170. The first-order chi connectivity index (χ1) is 8.58. The lowest BCUT2D eigenvalue weighted by Crippen LogP contribution is -2.10. The zero-order chi connectivity index (χ0) is 13.1. The molecule has 6 heteroatoms. The molecule has 0 aliphatic carbocycles. The number of ether oxygens (including phenoxy) is 1. The zero-order valence-corrected chi connectivity index (χ0v) is 14.5. The molecule has 1 aromatic heterocycles. The normalized spacial score (nSPS) is 10.4. The SMILES string of the molecule is O=C(COc1c(Br)cccc1Br)c1ccc(Br)s1. The van der Waals surface area contributed by atoms with Crippen molar-refractivity contribution < 1.29 is 9.53 Å². The molecule has 0 saturated carbocycles. The number of para-hydroxylation sites is 1. The lowest BCUT2D eigenvalue weighted by molar-refractivity contribution is 0.0924. The summed E-state index contributed by atoms with van der Waals surface area (Å²) in [5.74, 6) is 0.606. The van der Waals surface area contributed by atoms with E-state index < -0.39 is 0 Å². The molecule has 2 nitrogen and oxygen atoms in total. The average molecular weight is 455 g/mol. The smallest absolute Gasteiger partial charge is 0.210 e. The maximum atomic E-state index is 11.9. The Morgan fingerprint density at radius 1 is 1.11 bits per heavy atom. The highest BCUT2D eigenvalue weighted by molar-refractivity contribution is 9.11. The minimum Gasteiger partial charge on any atom is -0.483 e. The van der Waals surface area contributed by atoms with Gasteiger partial charge >= 0.3 is 0 Å². The predicted octanol–water partition coefficient (Wildman–Crippen LogP) is 5.30. The maximum absolute atomic E-state index is 11.9. The molecule has 1 heterocycles. The standard InChI is InChI=1S/C12H7Br3O2S/c13-7-2-1-3-8(14)12(7)17-6-9(16)10-4-5-11(15)18-10/h1-5H,6H2. The fraction of sp³-hybridized carbons (Fsp3) is 0.0833. The van der Waals surface area contributed by atoms with Gasteiger partial charge in [0.2, 0.25) is 5.78 Å². The van der Waals surface area contributed by atoms with Crippen molar-refractivity contribution in [2.24, 2.45) is 0 Å². The summed E-state index contributed by atoms with van der Waals surface area (Å²) >= 11 is 11.5. The zero-order valence-electron chi connectivity index (χ0n) is 8.95. The Morgan fingerprint density at radius 2 is 1.78 bits per heavy atom. The summed E-state index contributed by atoms with van der Waals surface area (Å²) < 4.78 is 8.11. The van der Waals surface area contributed by atoms with Gasteiger partial charge in [0, 0.05) is 0 Å². The van der Waals surface area contributed by atoms with E-state index in [1.807, 2.05) is 24.3 Å². The number of halogens is 3. The highest BCUT2D eigenvalue weighted by Crippen LogP contribution is 2.33. The second-order valence-corrected chi connectivity index (χ2v) is 7.54. The van der Waals surface area contributed by atoms with E-state index in [9.17, 15) is 4.79 Å². The van der Waals surface area contributed by atoms with Gasteiger partial charge in [0.25, 0.3) is 0 Å². The largest absolute Gasteiger partial charge is 0.483 e. The van der Waals surface area contributed by atoms with Crippen LogP contribution in [0.2, 0.25) is 0 Å². The first-order valence-corrected chi connectivity index (χ1v) is 8.13. The molecular formula is C12H7Br3O2S. The van der Waals surface area contributed by atoms with E-state index in [0.717, 1.165) is 12.7 Å². The van der Waals surface area contributed by atoms with Gasteiger partial charge in [0.1, 0.15) is 5.75 Å². The molecule has 18 heavy (non-hydrogen) atoms. The van der Waals surface area contributed by atoms with Crippen LogP contribution in [0.1, 0.15) is 9.67 Å². The molecule has 0 N–H and O–H groups in total. The molecule has 2 rings (SSSR count). The van der Waals surface area contributed by atoms with Crippen LogP contribution in [-0.2, 0) is 0 Å². The summed E-state index contributed by atoms with van der Waals surface area (Å²) in [6.07, 6.45) is 0. The Morgan fingerprint density at radius 3 is 2.33 bits per heavy atom. The van der Waals surface area contributed by atoms with Crippen LogP contribution in [0.5, 0.6) is 5.75 Å². The highest BCUT2D eigenvalue weighted by Gasteiger charge is 2.12. The van der Waals surface area contributed by atoms with Crippen LogP contribution in [-0.4, -0.2) is 12.4 Å². The van der Waals surface area contributed by atoms with E-state index in [1.165, 1.54) is 11.3 Å². The van der Waals surface area contributed by atoms with Crippen molar-refractivity contribution in [3.63, 3.8) is 0 Å². The predicted molar refractivity (Wildman–Crippen MR) is 83.7 cm³/mol. The summed E-state index contributed by atoms with van der Waals surface area (Å²) in [6.45, 7) is 0.0220. The Balaban J connectivity index is 2.06.